The second-order valence-corrected chi connectivity index (χ2v) is 1.54. The molecule has 0 fully saturated rings. The summed E-state index contributed by atoms with van der Waals surface area (Å²) in [5.41, 5.74) is 0. The maximum atomic E-state index is 8.93. The Balaban J connectivity index is -0.000000104. The maximum absolute atomic E-state index is 8.93. The minimum Gasteiger partial charge on any atom is -0.855 e. The summed E-state index contributed by atoms with van der Waals surface area (Å²) in [5, 5.41) is 17.9. The normalized spacial score (nSPS) is 6.33. The first-order chi connectivity index (χ1) is 5.33. The van der Waals surface area contributed by atoms with Crippen LogP contribution in [0.1, 0.15) is 13.8 Å². The maximum Gasteiger partial charge on any atom is 0 e. The summed E-state index contributed by atoms with van der Waals surface area (Å²) in [6.07, 6.45) is 0. The second kappa shape index (κ2) is 22.5. The Bertz CT molecular complexity index is 88.1. The summed E-state index contributed by atoms with van der Waals surface area (Å²) >= 11 is 0. The fourth-order valence-electron chi connectivity index (χ4n) is 0.321. The zero-order valence-electron chi connectivity index (χ0n) is 7.62. The van der Waals surface area contributed by atoms with Gasteiger partial charge in [-0.1, -0.05) is 13.8 Å². The Kier molecular flexibility index (Phi) is 33.8. The molecule has 2 nitrogen and oxygen atoms in total. The summed E-state index contributed by atoms with van der Waals surface area (Å²) in [6, 6.07) is 10.0. The molecule has 70 valence electrons. The van der Waals surface area contributed by atoms with Crippen molar-refractivity contribution in [3.63, 3.8) is 0 Å². The molecule has 0 saturated carbocycles. The van der Waals surface area contributed by atoms with Gasteiger partial charge in [0.1, 0.15) is 0 Å². The van der Waals surface area contributed by atoms with E-state index in [0.717, 1.165) is 0 Å². The third-order valence-electron chi connectivity index (χ3n) is 0.556. The van der Waals surface area contributed by atoms with Crippen LogP contribution in [0.15, 0.2) is 30.3 Å². The molecule has 0 aliphatic rings. The molecule has 1 aromatic rings. The van der Waals surface area contributed by atoms with Crippen LogP contribution in [-0.2, 0) is 25.8 Å². The van der Waals surface area contributed by atoms with E-state index in [4.69, 9.17) is 10.2 Å². The SMILES string of the molecule is CC[O-].CC[O-].[Hf].c1cc[cH-]c1. The van der Waals surface area contributed by atoms with Gasteiger partial charge < -0.3 is 10.2 Å². The minimum absolute atomic E-state index is 0. The van der Waals surface area contributed by atoms with Gasteiger partial charge in [-0.15, -0.1) is 13.2 Å². The Labute approximate surface area is 93.4 Å². The first-order valence-electron chi connectivity index (χ1n) is 3.66. The third kappa shape index (κ3) is 32.1. The standard InChI is InChI=1S/C5H5.2C2H5O.Hf/c1-2-4-5-3-1;2*1-2-3;/h1-5H;2*2H2,1H3;/q3*-1;. The van der Waals surface area contributed by atoms with Gasteiger partial charge in [0, 0.05) is 25.8 Å². The van der Waals surface area contributed by atoms with E-state index in [1.54, 1.807) is 13.8 Å². The van der Waals surface area contributed by atoms with Gasteiger partial charge in [-0.3, -0.25) is 0 Å². The summed E-state index contributed by atoms with van der Waals surface area (Å²) in [5.74, 6) is 0. The summed E-state index contributed by atoms with van der Waals surface area (Å²) < 4.78 is 0. The van der Waals surface area contributed by atoms with E-state index in [1.165, 1.54) is 0 Å². The molecule has 0 saturated heterocycles. The Morgan fingerprint density at radius 2 is 1.25 bits per heavy atom. The zero-order valence-corrected chi connectivity index (χ0v) is 11.2. The topological polar surface area (TPSA) is 46.1 Å². The van der Waals surface area contributed by atoms with Crippen LogP contribution in [0.4, 0.5) is 0 Å². The van der Waals surface area contributed by atoms with Crippen molar-refractivity contribution in [2.75, 3.05) is 13.2 Å². The molecule has 3 heteroatoms. The molecular weight excluding hydrogens is 319 g/mol. The monoisotopic (exact) mass is 335 g/mol. The van der Waals surface area contributed by atoms with Crippen LogP contribution >= 0.6 is 0 Å². The van der Waals surface area contributed by atoms with E-state index in [2.05, 4.69) is 0 Å². The molecule has 0 N–H and O–H groups in total. The van der Waals surface area contributed by atoms with Gasteiger partial charge in [0.15, 0.2) is 0 Å². The van der Waals surface area contributed by atoms with Crippen LogP contribution in [0, 0.1) is 0 Å². The predicted molar refractivity (Wildman–Crippen MR) is 43.1 cm³/mol. The van der Waals surface area contributed by atoms with Crippen molar-refractivity contribution < 1.29 is 36.1 Å². The minimum atomic E-state index is 0. The van der Waals surface area contributed by atoms with Gasteiger partial charge in [-0.05, 0) is 0 Å². The molecule has 12 heavy (non-hydrogen) atoms. The van der Waals surface area contributed by atoms with Crippen molar-refractivity contribution in [2.45, 2.75) is 13.8 Å². The molecule has 0 radical (unpaired) electrons. The molecular formula is C9H15HfO2-3. The van der Waals surface area contributed by atoms with Gasteiger partial charge in [0.2, 0.25) is 0 Å². The molecule has 0 spiro atoms. The summed E-state index contributed by atoms with van der Waals surface area (Å²) in [7, 11) is 0. The van der Waals surface area contributed by atoms with Gasteiger partial charge in [0.25, 0.3) is 0 Å². The third-order valence-corrected chi connectivity index (χ3v) is 0.556. The van der Waals surface area contributed by atoms with Crippen molar-refractivity contribution >= 4 is 0 Å². The van der Waals surface area contributed by atoms with E-state index in [0.29, 0.717) is 0 Å². The fraction of sp³-hybridized carbons (Fsp3) is 0.444. The Hall–Kier alpha value is 0.140. The number of rotatable bonds is 0. The molecule has 0 heterocycles. The van der Waals surface area contributed by atoms with Crippen LogP contribution in [-0.4, -0.2) is 13.2 Å². The van der Waals surface area contributed by atoms with Gasteiger partial charge >= 0.3 is 0 Å². The van der Waals surface area contributed by atoms with Crippen molar-refractivity contribution in [3.8, 4) is 0 Å². The number of hydrogen-bond donors (Lipinski definition) is 0. The quantitative estimate of drug-likeness (QED) is 0.501. The second-order valence-electron chi connectivity index (χ2n) is 1.54. The molecule has 0 unspecified atom stereocenters. The zero-order chi connectivity index (χ0) is 8.95. The van der Waals surface area contributed by atoms with E-state index in [1.807, 2.05) is 30.3 Å². The molecule has 0 atom stereocenters. The van der Waals surface area contributed by atoms with Crippen molar-refractivity contribution in [2.24, 2.45) is 0 Å². The molecule has 0 bridgehead atoms. The molecule has 1 rings (SSSR count). The van der Waals surface area contributed by atoms with Crippen LogP contribution in [0.25, 0.3) is 0 Å². The van der Waals surface area contributed by atoms with E-state index in [-0.39, 0.29) is 39.1 Å². The fourth-order valence-corrected chi connectivity index (χ4v) is 0.321. The van der Waals surface area contributed by atoms with Crippen LogP contribution in [0.5, 0.6) is 0 Å². The van der Waals surface area contributed by atoms with Gasteiger partial charge in [-0.25, -0.2) is 12.1 Å². The molecule has 1 aromatic carbocycles. The average Bonchev–Trinajstić information content (AvgIpc) is 2.44. The Morgan fingerprint density at radius 3 is 1.33 bits per heavy atom. The van der Waals surface area contributed by atoms with Crippen LogP contribution < -0.4 is 10.2 Å². The van der Waals surface area contributed by atoms with Crippen LogP contribution in [0.3, 0.4) is 0 Å². The summed E-state index contributed by atoms with van der Waals surface area (Å²) in [4.78, 5) is 0. The van der Waals surface area contributed by atoms with Crippen molar-refractivity contribution in [1.29, 1.82) is 0 Å². The first kappa shape index (κ1) is 18.0. The van der Waals surface area contributed by atoms with E-state index in [9.17, 15) is 0 Å². The smallest absolute Gasteiger partial charge is 0 e. The molecule has 0 amide bonds. The average molecular weight is 334 g/mol. The van der Waals surface area contributed by atoms with Gasteiger partial charge in [-0.2, -0.15) is 18.2 Å². The van der Waals surface area contributed by atoms with E-state index < -0.39 is 0 Å². The molecule has 0 aliphatic heterocycles. The van der Waals surface area contributed by atoms with Crippen molar-refractivity contribution in [3.05, 3.63) is 30.3 Å². The first-order valence-corrected chi connectivity index (χ1v) is 3.66. The largest absolute Gasteiger partial charge is 0.855 e. The van der Waals surface area contributed by atoms with Crippen LogP contribution in [0.2, 0.25) is 0 Å². The Morgan fingerprint density at radius 1 is 1.00 bits per heavy atom. The molecule has 0 aromatic heterocycles. The predicted octanol–water partition coefficient (Wildman–Crippen LogP) is 0.136. The van der Waals surface area contributed by atoms with Crippen molar-refractivity contribution in [1.82, 2.24) is 0 Å². The van der Waals surface area contributed by atoms with E-state index >= 15 is 0 Å². The van der Waals surface area contributed by atoms with Gasteiger partial charge in [0.05, 0.1) is 0 Å². The molecule has 0 aliphatic carbocycles. The number of hydrogen-bond acceptors (Lipinski definition) is 2. The summed E-state index contributed by atoms with van der Waals surface area (Å²) in [6.45, 7) is 3.14.